The van der Waals surface area contributed by atoms with Gasteiger partial charge < -0.3 is 16.0 Å². The highest BCUT2D eigenvalue weighted by atomic mass is 32.2. The van der Waals surface area contributed by atoms with E-state index in [-0.39, 0.29) is 11.9 Å². The van der Waals surface area contributed by atoms with Crippen LogP contribution in [0.3, 0.4) is 0 Å². The van der Waals surface area contributed by atoms with Crippen LogP contribution in [-0.2, 0) is 14.8 Å². The largest absolute Gasteiger partial charge is 0.368 e. The van der Waals surface area contributed by atoms with E-state index < -0.39 is 15.6 Å². The molecule has 8 heteroatoms. The Morgan fingerprint density at radius 1 is 1.29 bits per heavy atom. The van der Waals surface area contributed by atoms with Crippen LogP contribution in [0.1, 0.15) is 27.2 Å². The highest BCUT2D eigenvalue weighted by Gasteiger charge is 2.32. The maximum atomic E-state index is 11.7. The standard InChI is InChI=1S/C13H28N4O3S/c1-11(2)15-13(3,12(14)18)5-6-16-7-9-17(10-8-16)21(4,19)20/h11,15H,5-10H2,1-4H3,(H2,14,18). The van der Waals surface area contributed by atoms with E-state index >= 15 is 0 Å². The third-order valence-electron chi connectivity index (χ3n) is 3.88. The Morgan fingerprint density at radius 3 is 2.19 bits per heavy atom. The van der Waals surface area contributed by atoms with Gasteiger partial charge in [-0.25, -0.2) is 8.42 Å². The van der Waals surface area contributed by atoms with E-state index in [0.29, 0.717) is 32.6 Å². The van der Waals surface area contributed by atoms with Crippen molar-refractivity contribution in [2.75, 3.05) is 39.0 Å². The van der Waals surface area contributed by atoms with Gasteiger partial charge in [0, 0.05) is 38.8 Å². The number of carbonyl (C=O) groups is 1. The summed E-state index contributed by atoms with van der Waals surface area (Å²) in [6.07, 6.45) is 1.85. The first kappa shape index (κ1) is 18.3. The van der Waals surface area contributed by atoms with Gasteiger partial charge in [-0.05, 0) is 27.2 Å². The normalized spacial score (nSPS) is 21.4. The molecule has 3 N–H and O–H groups in total. The fourth-order valence-electron chi connectivity index (χ4n) is 2.57. The molecule has 1 rings (SSSR count). The molecule has 0 aromatic rings. The Labute approximate surface area is 127 Å². The molecule has 124 valence electrons. The first-order chi connectivity index (χ1) is 9.54. The maximum absolute atomic E-state index is 11.7. The third kappa shape index (κ3) is 5.54. The van der Waals surface area contributed by atoms with Gasteiger partial charge in [0.05, 0.1) is 11.8 Å². The summed E-state index contributed by atoms with van der Waals surface area (Å²) in [7, 11) is -3.10. The SMILES string of the molecule is CC(C)NC(C)(CCN1CCN(S(C)(=O)=O)CC1)C(N)=O. The number of nitrogens with two attached hydrogens (primary N) is 1. The zero-order chi connectivity index (χ0) is 16.3. The van der Waals surface area contributed by atoms with Crippen molar-refractivity contribution in [2.24, 2.45) is 5.73 Å². The number of sulfonamides is 1. The second kappa shape index (κ2) is 7.04. The second-order valence-electron chi connectivity index (χ2n) is 6.25. The molecule has 1 saturated heterocycles. The summed E-state index contributed by atoms with van der Waals surface area (Å²) in [5.41, 5.74) is 4.77. The molecule has 1 unspecified atom stereocenters. The van der Waals surface area contributed by atoms with E-state index in [2.05, 4.69) is 10.2 Å². The quantitative estimate of drug-likeness (QED) is 0.640. The monoisotopic (exact) mass is 320 g/mol. The molecule has 0 saturated carbocycles. The maximum Gasteiger partial charge on any atom is 0.237 e. The van der Waals surface area contributed by atoms with Crippen LogP contribution in [-0.4, -0.2) is 74.1 Å². The molecule has 0 bridgehead atoms. The zero-order valence-corrected chi connectivity index (χ0v) is 14.2. The Balaban J connectivity index is 2.50. The minimum Gasteiger partial charge on any atom is -0.368 e. The highest BCUT2D eigenvalue weighted by Crippen LogP contribution is 2.13. The molecule has 0 radical (unpaired) electrons. The number of rotatable bonds is 7. The van der Waals surface area contributed by atoms with E-state index in [1.807, 2.05) is 20.8 Å². The molecule has 1 amide bonds. The topological polar surface area (TPSA) is 95.7 Å². The molecule has 1 aliphatic heterocycles. The van der Waals surface area contributed by atoms with Crippen LogP contribution in [0.25, 0.3) is 0 Å². The number of amides is 1. The van der Waals surface area contributed by atoms with Crippen LogP contribution in [0, 0.1) is 0 Å². The highest BCUT2D eigenvalue weighted by molar-refractivity contribution is 7.88. The van der Waals surface area contributed by atoms with Gasteiger partial charge in [-0.3, -0.25) is 4.79 Å². The lowest BCUT2D eigenvalue weighted by Crippen LogP contribution is -2.57. The molecular weight excluding hydrogens is 292 g/mol. The summed E-state index contributed by atoms with van der Waals surface area (Å²) < 4.78 is 24.4. The van der Waals surface area contributed by atoms with E-state index in [1.165, 1.54) is 10.6 Å². The van der Waals surface area contributed by atoms with Crippen molar-refractivity contribution in [1.29, 1.82) is 0 Å². The number of hydrogen-bond donors (Lipinski definition) is 2. The summed E-state index contributed by atoms with van der Waals surface area (Å²) in [5.74, 6) is -0.356. The van der Waals surface area contributed by atoms with Crippen LogP contribution in [0.4, 0.5) is 0 Å². The third-order valence-corrected chi connectivity index (χ3v) is 5.18. The number of primary amides is 1. The molecule has 1 atom stereocenters. The summed E-state index contributed by atoms with van der Waals surface area (Å²) in [6, 6.07) is 0.171. The fourth-order valence-corrected chi connectivity index (χ4v) is 3.40. The Morgan fingerprint density at radius 2 is 1.81 bits per heavy atom. The molecule has 21 heavy (non-hydrogen) atoms. The number of hydrogen-bond acceptors (Lipinski definition) is 5. The van der Waals surface area contributed by atoms with Crippen molar-refractivity contribution < 1.29 is 13.2 Å². The predicted molar refractivity (Wildman–Crippen MR) is 83.3 cm³/mol. The molecule has 0 aliphatic carbocycles. The van der Waals surface area contributed by atoms with Crippen molar-refractivity contribution in [2.45, 2.75) is 38.8 Å². The van der Waals surface area contributed by atoms with Crippen molar-refractivity contribution in [3.63, 3.8) is 0 Å². The lowest BCUT2D eigenvalue weighted by Gasteiger charge is -2.36. The van der Waals surface area contributed by atoms with Crippen molar-refractivity contribution in [3.8, 4) is 0 Å². The lowest BCUT2D eigenvalue weighted by atomic mass is 9.95. The minimum atomic E-state index is -3.10. The number of carbonyl (C=O) groups excluding carboxylic acids is 1. The smallest absolute Gasteiger partial charge is 0.237 e. The molecule has 7 nitrogen and oxygen atoms in total. The fraction of sp³-hybridized carbons (Fsp3) is 0.923. The Kier molecular flexibility index (Phi) is 6.15. The van der Waals surface area contributed by atoms with Gasteiger partial charge in [0.15, 0.2) is 0 Å². The van der Waals surface area contributed by atoms with Gasteiger partial charge >= 0.3 is 0 Å². The van der Waals surface area contributed by atoms with Gasteiger partial charge in [-0.2, -0.15) is 4.31 Å². The predicted octanol–water partition coefficient (Wildman–Crippen LogP) is -0.804. The van der Waals surface area contributed by atoms with E-state index in [1.54, 1.807) is 0 Å². The van der Waals surface area contributed by atoms with Gasteiger partial charge in [0.1, 0.15) is 0 Å². The number of nitrogens with zero attached hydrogens (tertiary/aromatic N) is 2. The van der Waals surface area contributed by atoms with E-state index in [9.17, 15) is 13.2 Å². The average Bonchev–Trinajstić information content (AvgIpc) is 2.35. The number of nitrogens with one attached hydrogen (secondary N) is 1. The number of piperazine rings is 1. The van der Waals surface area contributed by atoms with Gasteiger partial charge in [0.2, 0.25) is 15.9 Å². The zero-order valence-electron chi connectivity index (χ0n) is 13.4. The second-order valence-corrected chi connectivity index (χ2v) is 8.23. The summed E-state index contributed by atoms with van der Waals surface area (Å²) in [6.45, 7) is 8.87. The molecular formula is C13H28N4O3S. The summed E-state index contributed by atoms with van der Waals surface area (Å²) >= 11 is 0. The van der Waals surface area contributed by atoms with Crippen molar-refractivity contribution in [1.82, 2.24) is 14.5 Å². The minimum absolute atomic E-state index is 0.171. The van der Waals surface area contributed by atoms with Crippen LogP contribution >= 0.6 is 0 Å². The van der Waals surface area contributed by atoms with E-state index in [4.69, 9.17) is 5.73 Å². The lowest BCUT2D eigenvalue weighted by molar-refractivity contribution is -0.124. The van der Waals surface area contributed by atoms with Crippen LogP contribution in [0.15, 0.2) is 0 Å². The summed E-state index contributed by atoms with van der Waals surface area (Å²) in [4.78, 5) is 13.8. The van der Waals surface area contributed by atoms with Crippen LogP contribution in [0.2, 0.25) is 0 Å². The summed E-state index contributed by atoms with van der Waals surface area (Å²) in [5, 5.41) is 3.22. The molecule has 0 aromatic heterocycles. The Hall–Kier alpha value is -0.700. The van der Waals surface area contributed by atoms with Crippen LogP contribution in [0.5, 0.6) is 0 Å². The first-order valence-electron chi connectivity index (χ1n) is 7.30. The first-order valence-corrected chi connectivity index (χ1v) is 9.14. The molecule has 1 aliphatic rings. The van der Waals surface area contributed by atoms with E-state index in [0.717, 1.165) is 6.54 Å². The van der Waals surface area contributed by atoms with Gasteiger partial charge in [-0.1, -0.05) is 0 Å². The average molecular weight is 320 g/mol. The van der Waals surface area contributed by atoms with Gasteiger partial charge in [-0.15, -0.1) is 0 Å². The van der Waals surface area contributed by atoms with Crippen molar-refractivity contribution in [3.05, 3.63) is 0 Å². The molecule has 0 aromatic carbocycles. The van der Waals surface area contributed by atoms with Crippen LogP contribution < -0.4 is 11.1 Å². The molecule has 1 fully saturated rings. The molecule has 0 spiro atoms. The Bertz CT molecular complexity index is 458. The van der Waals surface area contributed by atoms with Crippen molar-refractivity contribution >= 4 is 15.9 Å². The molecule has 1 heterocycles. The van der Waals surface area contributed by atoms with Gasteiger partial charge in [0.25, 0.3) is 0 Å².